The number of aromatic amines is 1. The summed E-state index contributed by atoms with van der Waals surface area (Å²) in [5.74, 6) is 2.15. The second-order valence-electron chi connectivity index (χ2n) is 6.01. The van der Waals surface area contributed by atoms with Gasteiger partial charge in [0.25, 0.3) is 0 Å². The minimum absolute atomic E-state index is 0.0442. The standard InChI is InChI=1S/C17H24N4OS/c1-23-11-8-15(21-17(22)12-6-9-18-10-7-12)16-19-13-4-2-3-5-14(13)20-16/h2-5,12,15,18H,6-11H2,1H3,(H,19,20)(H,21,22). The summed E-state index contributed by atoms with van der Waals surface area (Å²) in [5.41, 5.74) is 1.97. The lowest BCUT2D eigenvalue weighted by molar-refractivity contribution is -0.126. The summed E-state index contributed by atoms with van der Waals surface area (Å²) in [6.07, 6.45) is 4.81. The SMILES string of the molecule is CSCCC(NC(=O)C1CCNCC1)c1nc2ccccc2[nH]1. The fourth-order valence-corrected chi connectivity index (χ4v) is 3.50. The summed E-state index contributed by atoms with van der Waals surface area (Å²) in [6, 6.07) is 7.95. The first-order valence-electron chi connectivity index (χ1n) is 8.22. The highest BCUT2D eigenvalue weighted by Gasteiger charge is 2.25. The number of imidazole rings is 1. The Bertz CT molecular complexity index is 618. The van der Waals surface area contributed by atoms with Crippen LogP contribution in [0.15, 0.2) is 24.3 Å². The molecule has 0 spiro atoms. The molecule has 1 saturated heterocycles. The van der Waals surface area contributed by atoms with Gasteiger partial charge < -0.3 is 15.6 Å². The molecule has 1 aromatic heterocycles. The highest BCUT2D eigenvalue weighted by Crippen LogP contribution is 2.21. The highest BCUT2D eigenvalue weighted by atomic mass is 32.2. The van der Waals surface area contributed by atoms with E-state index in [2.05, 4.69) is 26.9 Å². The predicted octanol–water partition coefficient (Wildman–Crippen LogP) is 2.47. The second kappa shape index (κ2) is 7.84. The molecule has 6 heteroatoms. The molecule has 2 aromatic rings. The number of para-hydroxylation sites is 2. The number of carbonyl (C=O) groups is 1. The van der Waals surface area contributed by atoms with Gasteiger partial charge in [-0.25, -0.2) is 4.98 Å². The Morgan fingerprint density at radius 2 is 2.17 bits per heavy atom. The monoisotopic (exact) mass is 332 g/mol. The average molecular weight is 332 g/mol. The van der Waals surface area contributed by atoms with E-state index in [4.69, 9.17) is 0 Å². The van der Waals surface area contributed by atoms with Gasteiger partial charge in [0.1, 0.15) is 5.82 Å². The van der Waals surface area contributed by atoms with E-state index in [0.717, 1.165) is 55.0 Å². The van der Waals surface area contributed by atoms with Crippen molar-refractivity contribution in [3.05, 3.63) is 30.1 Å². The maximum Gasteiger partial charge on any atom is 0.223 e. The third-order valence-corrected chi connectivity index (χ3v) is 5.02. The molecule has 5 nitrogen and oxygen atoms in total. The number of rotatable bonds is 6. The van der Waals surface area contributed by atoms with E-state index < -0.39 is 0 Å². The van der Waals surface area contributed by atoms with Crippen molar-refractivity contribution in [3.63, 3.8) is 0 Å². The Balaban J connectivity index is 1.75. The Hall–Kier alpha value is -1.53. The molecular weight excluding hydrogens is 308 g/mol. The number of carbonyl (C=O) groups excluding carboxylic acids is 1. The molecule has 0 aliphatic carbocycles. The first-order valence-corrected chi connectivity index (χ1v) is 9.62. The molecule has 124 valence electrons. The molecule has 2 heterocycles. The van der Waals surface area contributed by atoms with Gasteiger partial charge >= 0.3 is 0 Å². The van der Waals surface area contributed by atoms with Crippen molar-refractivity contribution >= 4 is 28.7 Å². The first-order chi connectivity index (χ1) is 11.3. The Labute approximate surface area is 141 Å². The lowest BCUT2D eigenvalue weighted by Crippen LogP contribution is -2.40. The van der Waals surface area contributed by atoms with Gasteiger partial charge in [-0.05, 0) is 56.5 Å². The van der Waals surface area contributed by atoms with Gasteiger partial charge in [0, 0.05) is 5.92 Å². The number of hydrogen-bond donors (Lipinski definition) is 3. The van der Waals surface area contributed by atoms with Crippen LogP contribution in [0, 0.1) is 5.92 Å². The third kappa shape index (κ3) is 4.06. The average Bonchev–Trinajstić information content (AvgIpc) is 3.03. The van der Waals surface area contributed by atoms with Crippen LogP contribution in [0.2, 0.25) is 0 Å². The van der Waals surface area contributed by atoms with Crippen LogP contribution in [0.3, 0.4) is 0 Å². The zero-order valence-corrected chi connectivity index (χ0v) is 14.3. The molecule has 23 heavy (non-hydrogen) atoms. The largest absolute Gasteiger partial charge is 0.346 e. The van der Waals surface area contributed by atoms with E-state index in [-0.39, 0.29) is 17.9 Å². The number of aromatic nitrogens is 2. The molecule has 1 fully saturated rings. The number of piperidine rings is 1. The number of thioether (sulfide) groups is 1. The van der Waals surface area contributed by atoms with Gasteiger partial charge in [-0.1, -0.05) is 12.1 Å². The van der Waals surface area contributed by atoms with Gasteiger partial charge in [-0.3, -0.25) is 4.79 Å². The lowest BCUT2D eigenvalue weighted by atomic mass is 9.96. The molecule has 1 aromatic carbocycles. The minimum atomic E-state index is -0.0442. The first kappa shape index (κ1) is 16.3. The summed E-state index contributed by atoms with van der Waals surface area (Å²) in [4.78, 5) is 20.6. The van der Waals surface area contributed by atoms with Crippen molar-refractivity contribution in [2.45, 2.75) is 25.3 Å². The van der Waals surface area contributed by atoms with Crippen LogP contribution in [0.4, 0.5) is 0 Å². The van der Waals surface area contributed by atoms with Crippen LogP contribution in [0.1, 0.15) is 31.1 Å². The van der Waals surface area contributed by atoms with Crippen molar-refractivity contribution in [3.8, 4) is 0 Å². The summed E-state index contributed by atoms with van der Waals surface area (Å²) in [5, 5.41) is 6.53. The van der Waals surface area contributed by atoms with Crippen LogP contribution in [0.5, 0.6) is 0 Å². The number of nitrogens with zero attached hydrogens (tertiary/aromatic N) is 1. The van der Waals surface area contributed by atoms with Crippen molar-refractivity contribution in [1.82, 2.24) is 20.6 Å². The molecule has 0 bridgehead atoms. The van der Waals surface area contributed by atoms with E-state index in [1.165, 1.54) is 0 Å². The Kier molecular flexibility index (Phi) is 5.56. The number of hydrogen-bond acceptors (Lipinski definition) is 4. The summed E-state index contributed by atoms with van der Waals surface area (Å²) in [7, 11) is 0. The zero-order valence-electron chi connectivity index (χ0n) is 13.5. The van der Waals surface area contributed by atoms with Crippen molar-refractivity contribution in [2.24, 2.45) is 5.92 Å². The predicted molar refractivity (Wildman–Crippen MR) is 95.6 cm³/mol. The van der Waals surface area contributed by atoms with Gasteiger partial charge in [0.2, 0.25) is 5.91 Å². The van der Waals surface area contributed by atoms with E-state index in [9.17, 15) is 4.79 Å². The van der Waals surface area contributed by atoms with Gasteiger partial charge in [0.15, 0.2) is 0 Å². The molecule has 1 aliphatic rings. The molecule has 1 unspecified atom stereocenters. The second-order valence-corrected chi connectivity index (χ2v) is 6.99. The van der Waals surface area contributed by atoms with Gasteiger partial charge in [-0.15, -0.1) is 0 Å². The number of fused-ring (bicyclic) bond motifs is 1. The molecule has 3 rings (SSSR count). The number of benzene rings is 1. The fourth-order valence-electron chi connectivity index (χ4n) is 3.02. The Morgan fingerprint density at radius 3 is 2.91 bits per heavy atom. The van der Waals surface area contributed by atoms with Crippen LogP contribution in [-0.4, -0.2) is 41.0 Å². The topological polar surface area (TPSA) is 69.8 Å². The lowest BCUT2D eigenvalue weighted by Gasteiger charge is -2.24. The number of amides is 1. The maximum absolute atomic E-state index is 12.6. The molecule has 0 radical (unpaired) electrons. The fraction of sp³-hybridized carbons (Fsp3) is 0.529. The molecule has 1 aliphatic heterocycles. The van der Waals surface area contributed by atoms with Crippen molar-refractivity contribution in [2.75, 3.05) is 25.1 Å². The zero-order chi connectivity index (χ0) is 16.1. The molecule has 3 N–H and O–H groups in total. The number of H-pyrrole nitrogens is 1. The van der Waals surface area contributed by atoms with Crippen LogP contribution in [0.25, 0.3) is 11.0 Å². The van der Waals surface area contributed by atoms with Crippen LogP contribution < -0.4 is 10.6 Å². The van der Waals surface area contributed by atoms with E-state index >= 15 is 0 Å². The van der Waals surface area contributed by atoms with E-state index in [1.807, 2.05) is 24.3 Å². The van der Waals surface area contributed by atoms with Gasteiger partial charge in [-0.2, -0.15) is 11.8 Å². The van der Waals surface area contributed by atoms with Crippen LogP contribution >= 0.6 is 11.8 Å². The minimum Gasteiger partial charge on any atom is -0.346 e. The van der Waals surface area contributed by atoms with Gasteiger partial charge in [0.05, 0.1) is 17.1 Å². The smallest absolute Gasteiger partial charge is 0.223 e. The summed E-state index contributed by atoms with van der Waals surface area (Å²) < 4.78 is 0. The van der Waals surface area contributed by atoms with E-state index in [1.54, 1.807) is 11.8 Å². The quantitative estimate of drug-likeness (QED) is 0.760. The third-order valence-electron chi connectivity index (χ3n) is 4.37. The Morgan fingerprint density at radius 1 is 1.39 bits per heavy atom. The van der Waals surface area contributed by atoms with Crippen LogP contribution in [-0.2, 0) is 4.79 Å². The highest BCUT2D eigenvalue weighted by molar-refractivity contribution is 7.98. The van der Waals surface area contributed by atoms with Crippen molar-refractivity contribution in [1.29, 1.82) is 0 Å². The molecule has 0 saturated carbocycles. The molecule has 1 amide bonds. The number of nitrogens with one attached hydrogen (secondary N) is 3. The maximum atomic E-state index is 12.6. The van der Waals surface area contributed by atoms with Crippen molar-refractivity contribution < 1.29 is 4.79 Å². The molecular formula is C17H24N4OS. The summed E-state index contributed by atoms with van der Waals surface area (Å²) in [6.45, 7) is 1.86. The molecule has 1 atom stereocenters. The summed E-state index contributed by atoms with van der Waals surface area (Å²) >= 11 is 1.79. The van der Waals surface area contributed by atoms with E-state index in [0.29, 0.717) is 0 Å². The normalized spacial score (nSPS) is 17.3.